The first-order chi connectivity index (χ1) is 7.51. The highest BCUT2D eigenvalue weighted by Gasteiger charge is 2.02. The van der Waals surface area contributed by atoms with E-state index in [0.717, 1.165) is 12.0 Å². The Bertz CT molecular complexity index is 411. The van der Waals surface area contributed by atoms with E-state index in [1.165, 1.54) is 6.26 Å². The SMILES string of the molecule is CCc1ccc(OCCCS(C)(=O)=O)nc1. The van der Waals surface area contributed by atoms with Crippen LogP contribution in [0.1, 0.15) is 18.9 Å². The lowest BCUT2D eigenvalue weighted by Gasteiger charge is -2.04. The van der Waals surface area contributed by atoms with Crippen molar-refractivity contribution in [2.45, 2.75) is 19.8 Å². The van der Waals surface area contributed by atoms with E-state index in [0.29, 0.717) is 18.9 Å². The Labute approximate surface area is 96.6 Å². The van der Waals surface area contributed by atoms with Crippen LogP contribution in [0.15, 0.2) is 18.3 Å². The molecule has 0 aliphatic heterocycles. The molecule has 0 bridgehead atoms. The molecule has 1 aromatic rings. The highest BCUT2D eigenvalue weighted by atomic mass is 32.2. The van der Waals surface area contributed by atoms with Crippen molar-refractivity contribution in [2.24, 2.45) is 0 Å². The molecule has 0 radical (unpaired) electrons. The van der Waals surface area contributed by atoms with Gasteiger partial charge in [-0.15, -0.1) is 0 Å². The van der Waals surface area contributed by atoms with Gasteiger partial charge in [-0.2, -0.15) is 0 Å². The molecule has 0 spiro atoms. The predicted octanol–water partition coefficient (Wildman–Crippen LogP) is 1.46. The average Bonchev–Trinajstić information content (AvgIpc) is 2.24. The maximum atomic E-state index is 10.9. The van der Waals surface area contributed by atoms with Crippen molar-refractivity contribution in [1.82, 2.24) is 4.98 Å². The summed E-state index contributed by atoms with van der Waals surface area (Å²) in [6.45, 7) is 2.44. The number of pyridine rings is 1. The molecule has 0 aromatic carbocycles. The molecule has 4 nitrogen and oxygen atoms in total. The van der Waals surface area contributed by atoms with Crippen LogP contribution in [0.4, 0.5) is 0 Å². The van der Waals surface area contributed by atoms with Gasteiger partial charge in [-0.1, -0.05) is 13.0 Å². The van der Waals surface area contributed by atoms with Crippen LogP contribution in [-0.4, -0.2) is 32.0 Å². The van der Waals surface area contributed by atoms with Gasteiger partial charge in [0.1, 0.15) is 9.84 Å². The molecule has 0 saturated carbocycles. The van der Waals surface area contributed by atoms with Gasteiger partial charge in [-0.3, -0.25) is 0 Å². The Morgan fingerprint density at radius 3 is 2.62 bits per heavy atom. The lowest BCUT2D eigenvalue weighted by atomic mass is 10.2. The highest BCUT2D eigenvalue weighted by Crippen LogP contribution is 2.08. The third kappa shape index (κ3) is 5.11. The summed E-state index contributed by atoms with van der Waals surface area (Å²) in [4.78, 5) is 4.11. The number of nitrogens with zero attached hydrogens (tertiary/aromatic N) is 1. The maximum Gasteiger partial charge on any atom is 0.213 e. The third-order valence-electron chi connectivity index (χ3n) is 2.12. The molecule has 0 aliphatic carbocycles. The molecule has 0 fully saturated rings. The quantitative estimate of drug-likeness (QED) is 0.710. The first-order valence-corrected chi connectivity index (χ1v) is 7.33. The number of aryl methyl sites for hydroxylation is 1. The zero-order valence-corrected chi connectivity index (χ0v) is 10.5. The lowest BCUT2D eigenvalue weighted by molar-refractivity contribution is 0.305. The van der Waals surface area contributed by atoms with Crippen LogP contribution in [0, 0.1) is 0 Å². The number of ether oxygens (including phenoxy) is 1. The van der Waals surface area contributed by atoms with E-state index in [1.807, 2.05) is 6.07 Å². The summed E-state index contributed by atoms with van der Waals surface area (Å²) < 4.78 is 27.0. The van der Waals surface area contributed by atoms with Crippen LogP contribution in [-0.2, 0) is 16.3 Å². The first kappa shape index (κ1) is 13.0. The molecule has 1 aromatic heterocycles. The van der Waals surface area contributed by atoms with Gasteiger partial charge in [-0.05, 0) is 18.4 Å². The molecule has 90 valence electrons. The van der Waals surface area contributed by atoms with Gasteiger partial charge in [0.25, 0.3) is 0 Å². The van der Waals surface area contributed by atoms with Crippen LogP contribution >= 0.6 is 0 Å². The molecule has 0 saturated heterocycles. The van der Waals surface area contributed by atoms with Crippen molar-refractivity contribution in [3.63, 3.8) is 0 Å². The van der Waals surface area contributed by atoms with Crippen molar-refractivity contribution in [2.75, 3.05) is 18.6 Å². The summed E-state index contributed by atoms with van der Waals surface area (Å²) in [5, 5.41) is 0. The predicted molar refractivity (Wildman–Crippen MR) is 63.4 cm³/mol. The fourth-order valence-corrected chi connectivity index (χ4v) is 1.85. The van der Waals surface area contributed by atoms with Crippen molar-refractivity contribution >= 4 is 9.84 Å². The van der Waals surface area contributed by atoms with Crippen molar-refractivity contribution < 1.29 is 13.2 Å². The van der Waals surface area contributed by atoms with Gasteiger partial charge in [0.2, 0.25) is 5.88 Å². The molecule has 0 amide bonds. The van der Waals surface area contributed by atoms with E-state index in [1.54, 1.807) is 12.3 Å². The number of hydrogen-bond acceptors (Lipinski definition) is 4. The van der Waals surface area contributed by atoms with Gasteiger partial charge < -0.3 is 4.74 Å². The number of hydrogen-bond donors (Lipinski definition) is 0. The molecular formula is C11H17NO3S. The van der Waals surface area contributed by atoms with E-state index in [2.05, 4.69) is 11.9 Å². The fraction of sp³-hybridized carbons (Fsp3) is 0.545. The standard InChI is InChI=1S/C11H17NO3S/c1-3-10-5-6-11(12-9-10)15-7-4-8-16(2,13)14/h5-6,9H,3-4,7-8H2,1-2H3. The molecule has 1 rings (SSSR count). The van der Waals surface area contributed by atoms with E-state index >= 15 is 0 Å². The van der Waals surface area contributed by atoms with Gasteiger partial charge in [-0.25, -0.2) is 13.4 Å². The van der Waals surface area contributed by atoms with Crippen LogP contribution in [0.3, 0.4) is 0 Å². The number of aromatic nitrogens is 1. The Morgan fingerprint density at radius 2 is 2.12 bits per heavy atom. The second-order valence-electron chi connectivity index (χ2n) is 3.69. The third-order valence-corrected chi connectivity index (χ3v) is 3.15. The van der Waals surface area contributed by atoms with Crippen molar-refractivity contribution in [3.05, 3.63) is 23.9 Å². The highest BCUT2D eigenvalue weighted by molar-refractivity contribution is 7.90. The Hall–Kier alpha value is -1.10. The largest absolute Gasteiger partial charge is 0.478 e. The topological polar surface area (TPSA) is 56.3 Å². The van der Waals surface area contributed by atoms with E-state index in [9.17, 15) is 8.42 Å². The van der Waals surface area contributed by atoms with Gasteiger partial charge in [0.15, 0.2) is 0 Å². The smallest absolute Gasteiger partial charge is 0.213 e. The average molecular weight is 243 g/mol. The first-order valence-electron chi connectivity index (χ1n) is 5.26. The summed E-state index contributed by atoms with van der Waals surface area (Å²) in [7, 11) is -2.89. The van der Waals surface area contributed by atoms with Crippen LogP contribution in [0.2, 0.25) is 0 Å². The second kappa shape index (κ2) is 5.84. The van der Waals surface area contributed by atoms with Gasteiger partial charge in [0, 0.05) is 18.5 Å². The monoisotopic (exact) mass is 243 g/mol. The van der Waals surface area contributed by atoms with Crippen LogP contribution in [0.5, 0.6) is 5.88 Å². The summed E-state index contributed by atoms with van der Waals surface area (Å²) in [5.74, 6) is 0.700. The Morgan fingerprint density at radius 1 is 1.38 bits per heavy atom. The molecule has 0 atom stereocenters. The summed E-state index contributed by atoms with van der Waals surface area (Å²) >= 11 is 0. The molecule has 1 heterocycles. The molecule has 0 N–H and O–H groups in total. The molecule has 16 heavy (non-hydrogen) atoms. The summed E-state index contributed by atoms with van der Waals surface area (Å²) in [6, 6.07) is 3.76. The number of sulfone groups is 1. The maximum absolute atomic E-state index is 10.9. The van der Waals surface area contributed by atoms with E-state index in [4.69, 9.17) is 4.74 Å². The zero-order valence-electron chi connectivity index (χ0n) is 9.64. The summed E-state index contributed by atoms with van der Waals surface area (Å²) in [5.41, 5.74) is 1.16. The minimum absolute atomic E-state index is 0.153. The van der Waals surface area contributed by atoms with Crippen molar-refractivity contribution in [3.8, 4) is 5.88 Å². The molecule has 5 heteroatoms. The van der Waals surface area contributed by atoms with E-state index in [-0.39, 0.29) is 5.75 Å². The summed E-state index contributed by atoms with van der Waals surface area (Å²) in [6.07, 6.45) is 4.44. The lowest BCUT2D eigenvalue weighted by Crippen LogP contribution is -2.08. The normalized spacial score (nSPS) is 11.4. The van der Waals surface area contributed by atoms with Crippen LogP contribution in [0.25, 0.3) is 0 Å². The van der Waals surface area contributed by atoms with E-state index < -0.39 is 9.84 Å². The van der Waals surface area contributed by atoms with Crippen molar-refractivity contribution in [1.29, 1.82) is 0 Å². The molecule has 0 unspecified atom stereocenters. The Balaban J connectivity index is 2.32. The number of rotatable bonds is 6. The minimum Gasteiger partial charge on any atom is -0.478 e. The fourth-order valence-electron chi connectivity index (χ4n) is 1.20. The Kier molecular flexibility index (Phi) is 4.73. The second-order valence-corrected chi connectivity index (χ2v) is 5.95. The molecular weight excluding hydrogens is 226 g/mol. The minimum atomic E-state index is -2.89. The van der Waals surface area contributed by atoms with Crippen LogP contribution < -0.4 is 4.74 Å². The zero-order chi connectivity index (χ0) is 12.0. The molecule has 0 aliphatic rings. The van der Waals surface area contributed by atoms with Gasteiger partial charge >= 0.3 is 0 Å². The van der Waals surface area contributed by atoms with Gasteiger partial charge in [0.05, 0.1) is 12.4 Å².